The van der Waals surface area contributed by atoms with Gasteiger partial charge in [-0.15, -0.1) is 0 Å². The van der Waals surface area contributed by atoms with Gasteiger partial charge in [-0.25, -0.2) is 8.42 Å². The number of hydrogen-bond donors (Lipinski definition) is 1. The van der Waals surface area contributed by atoms with Crippen molar-refractivity contribution in [2.24, 2.45) is 0 Å². The number of hydrogen-bond acceptors (Lipinski definition) is 4. The molecule has 7 heteroatoms. The Kier molecular flexibility index (Phi) is 5.29. The van der Waals surface area contributed by atoms with Crippen molar-refractivity contribution in [3.63, 3.8) is 0 Å². The lowest BCUT2D eigenvalue weighted by molar-refractivity contribution is -0.116. The third-order valence-electron chi connectivity index (χ3n) is 4.76. The minimum Gasteiger partial charge on any atom is -0.497 e. The number of nitrogens with one attached hydrogen (secondary N) is 1. The van der Waals surface area contributed by atoms with E-state index in [-0.39, 0.29) is 22.2 Å². The Morgan fingerprint density at radius 1 is 0.967 bits per heavy atom. The molecule has 0 radical (unpaired) electrons. The Hall–Kier alpha value is -3.58. The number of aromatic nitrogens is 1. The summed E-state index contributed by atoms with van der Waals surface area (Å²) in [6, 6.07) is 22.5. The molecule has 0 spiro atoms. The second kappa shape index (κ2) is 8.04. The Balaban J connectivity index is 1.68. The molecular formula is C23H20N2O4S. The second-order valence-electron chi connectivity index (χ2n) is 6.74. The maximum absolute atomic E-state index is 13.2. The molecule has 0 fully saturated rings. The molecule has 0 aliphatic carbocycles. The van der Waals surface area contributed by atoms with Gasteiger partial charge in [0.2, 0.25) is 15.7 Å². The molecule has 0 bridgehead atoms. The van der Waals surface area contributed by atoms with E-state index in [2.05, 4.69) is 5.32 Å². The number of carbonyl (C=O) groups excluding carboxylic acids is 1. The average Bonchev–Trinajstić information content (AvgIpc) is 3.13. The third kappa shape index (κ3) is 3.79. The quantitative estimate of drug-likeness (QED) is 0.509. The fourth-order valence-electron chi connectivity index (χ4n) is 3.34. The lowest BCUT2D eigenvalue weighted by atomic mass is 10.2. The van der Waals surface area contributed by atoms with E-state index in [0.717, 1.165) is 0 Å². The molecule has 1 amide bonds. The maximum Gasteiger partial charge on any atom is 0.244 e. The van der Waals surface area contributed by atoms with Gasteiger partial charge in [-0.3, -0.25) is 4.79 Å². The summed E-state index contributed by atoms with van der Waals surface area (Å²) >= 11 is 0. The molecule has 1 aromatic heterocycles. The minimum absolute atomic E-state index is 0.0258. The summed E-state index contributed by atoms with van der Waals surface area (Å²) in [5.74, 6) is 0.364. The van der Waals surface area contributed by atoms with Crippen LogP contribution in [0.1, 0.15) is 0 Å². The van der Waals surface area contributed by atoms with Crippen LogP contribution in [0.3, 0.4) is 0 Å². The van der Waals surface area contributed by atoms with Gasteiger partial charge in [0.25, 0.3) is 0 Å². The number of carbonyl (C=O) groups is 1. The van der Waals surface area contributed by atoms with E-state index in [0.29, 0.717) is 22.3 Å². The van der Waals surface area contributed by atoms with E-state index in [1.54, 1.807) is 84.5 Å². The first-order valence-electron chi connectivity index (χ1n) is 9.31. The van der Waals surface area contributed by atoms with Gasteiger partial charge in [0.05, 0.1) is 16.9 Å². The van der Waals surface area contributed by atoms with Crippen molar-refractivity contribution in [1.29, 1.82) is 0 Å². The van der Waals surface area contributed by atoms with Gasteiger partial charge < -0.3 is 14.6 Å². The first kappa shape index (κ1) is 19.7. The van der Waals surface area contributed by atoms with Crippen LogP contribution in [0.25, 0.3) is 10.9 Å². The van der Waals surface area contributed by atoms with Gasteiger partial charge >= 0.3 is 0 Å². The molecule has 0 aliphatic rings. The van der Waals surface area contributed by atoms with E-state index < -0.39 is 9.84 Å². The summed E-state index contributed by atoms with van der Waals surface area (Å²) in [7, 11) is -2.16. The number of para-hydroxylation sites is 1. The predicted octanol–water partition coefficient (Wildman–Crippen LogP) is 4.12. The average molecular weight is 420 g/mol. The molecule has 0 saturated heterocycles. The molecule has 4 rings (SSSR count). The van der Waals surface area contributed by atoms with Crippen LogP contribution in [0.2, 0.25) is 0 Å². The van der Waals surface area contributed by atoms with Gasteiger partial charge in [-0.1, -0.05) is 42.5 Å². The molecule has 4 aromatic rings. The molecule has 3 aromatic carbocycles. The summed E-state index contributed by atoms with van der Waals surface area (Å²) in [5.41, 5.74) is 1.28. The number of nitrogens with zero attached hydrogens (tertiary/aromatic N) is 1. The first-order chi connectivity index (χ1) is 14.5. The van der Waals surface area contributed by atoms with E-state index in [1.807, 2.05) is 6.07 Å². The van der Waals surface area contributed by atoms with Crippen molar-refractivity contribution in [1.82, 2.24) is 4.57 Å². The third-order valence-corrected chi connectivity index (χ3v) is 6.56. The maximum atomic E-state index is 13.2. The fourth-order valence-corrected chi connectivity index (χ4v) is 4.84. The largest absolute Gasteiger partial charge is 0.497 e. The molecule has 0 aliphatic heterocycles. The van der Waals surface area contributed by atoms with Crippen LogP contribution in [0, 0.1) is 0 Å². The zero-order chi connectivity index (χ0) is 21.1. The molecule has 1 heterocycles. The number of rotatable bonds is 6. The minimum atomic E-state index is -3.72. The number of amides is 1. The smallest absolute Gasteiger partial charge is 0.244 e. The van der Waals surface area contributed by atoms with Crippen LogP contribution in [-0.4, -0.2) is 26.0 Å². The lowest BCUT2D eigenvalue weighted by Gasteiger charge is -2.08. The number of benzene rings is 3. The van der Waals surface area contributed by atoms with E-state index >= 15 is 0 Å². The highest BCUT2D eigenvalue weighted by atomic mass is 32.2. The van der Waals surface area contributed by atoms with Crippen LogP contribution in [0.5, 0.6) is 5.75 Å². The predicted molar refractivity (Wildman–Crippen MR) is 115 cm³/mol. The SMILES string of the molecule is COc1cccc(NC(=O)Cn2cc(S(=O)(=O)c3ccccc3)c3ccccc32)c1. The van der Waals surface area contributed by atoms with Crippen molar-refractivity contribution in [2.45, 2.75) is 16.3 Å². The normalized spacial score (nSPS) is 11.4. The Labute approximate surface area is 174 Å². The lowest BCUT2D eigenvalue weighted by Crippen LogP contribution is -2.18. The monoisotopic (exact) mass is 420 g/mol. The highest BCUT2D eigenvalue weighted by molar-refractivity contribution is 7.91. The van der Waals surface area contributed by atoms with Crippen LogP contribution in [0.15, 0.2) is 94.9 Å². The van der Waals surface area contributed by atoms with Crippen LogP contribution < -0.4 is 10.1 Å². The van der Waals surface area contributed by atoms with Crippen LogP contribution in [0.4, 0.5) is 5.69 Å². The summed E-state index contributed by atoms with van der Waals surface area (Å²) < 4.78 is 33.2. The topological polar surface area (TPSA) is 77.4 Å². The number of ether oxygens (including phenoxy) is 1. The van der Waals surface area contributed by atoms with Crippen molar-refractivity contribution in [3.05, 3.63) is 85.1 Å². The van der Waals surface area contributed by atoms with Gasteiger partial charge in [-0.05, 0) is 30.3 Å². The number of fused-ring (bicyclic) bond motifs is 1. The van der Waals surface area contributed by atoms with E-state index in [9.17, 15) is 13.2 Å². The fraction of sp³-hybridized carbons (Fsp3) is 0.0870. The molecule has 0 saturated carbocycles. The van der Waals surface area contributed by atoms with E-state index in [1.165, 1.54) is 6.20 Å². The molecule has 6 nitrogen and oxygen atoms in total. The van der Waals surface area contributed by atoms with E-state index in [4.69, 9.17) is 4.74 Å². The summed E-state index contributed by atoms with van der Waals surface area (Å²) in [6.45, 7) is -0.0258. The molecule has 0 unspecified atom stereocenters. The number of anilines is 1. The molecule has 152 valence electrons. The summed E-state index contributed by atoms with van der Waals surface area (Å²) in [6.07, 6.45) is 1.53. The zero-order valence-electron chi connectivity index (χ0n) is 16.3. The Morgan fingerprint density at radius 3 is 2.47 bits per heavy atom. The molecule has 30 heavy (non-hydrogen) atoms. The molecular weight excluding hydrogens is 400 g/mol. The van der Waals surface area contributed by atoms with Crippen LogP contribution >= 0.6 is 0 Å². The highest BCUT2D eigenvalue weighted by Gasteiger charge is 2.23. The van der Waals surface area contributed by atoms with Crippen molar-refractivity contribution in [3.8, 4) is 5.75 Å². The zero-order valence-corrected chi connectivity index (χ0v) is 17.1. The highest BCUT2D eigenvalue weighted by Crippen LogP contribution is 2.30. The van der Waals surface area contributed by atoms with Crippen LogP contribution in [-0.2, 0) is 21.2 Å². The summed E-state index contributed by atoms with van der Waals surface area (Å²) in [4.78, 5) is 13.0. The molecule has 0 atom stereocenters. The standard InChI is InChI=1S/C23H20N2O4S/c1-29-18-9-7-8-17(14-18)24-23(26)16-25-15-22(20-12-5-6-13-21(20)25)30(27,28)19-10-3-2-4-11-19/h2-15H,16H2,1H3,(H,24,26). The first-order valence-corrected chi connectivity index (χ1v) is 10.8. The van der Waals surface area contributed by atoms with Gasteiger partial charge in [0, 0.05) is 28.9 Å². The van der Waals surface area contributed by atoms with Gasteiger partial charge in [0.15, 0.2) is 0 Å². The molecule has 1 N–H and O–H groups in total. The van der Waals surface area contributed by atoms with Crippen molar-refractivity contribution < 1.29 is 17.9 Å². The number of sulfone groups is 1. The van der Waals surface area contributed by atoms with Crippen molar-refractivity contribution >= 4 is 32.3 Å². The van der Waals surface area contributed by atoms with Gasteiger partial charge in [-0.2, -0.15) is 0 Å². The number of methoxy groups -OCH3 is 1. The summed E-state index contributed by atoms with van der Waals surface area (Å²) in [5, 5.41) is 3.40. The second-order valence-corrected chi connectivity index (χ2v) is 8.65. The van der Waals surface area contributed by atoms with Gasteiger partial charge in [0.1, 0.15) is 12.3 Å². The Bertz CT molecular complexity index is 1310. The van der Waals surface area contributed by atoms with Crippen molar-refractivity contribution in [2.75, 3.05) is 12.4 Å². The Morgan fingerprint density at radius 2 is 1.70 bits per heavy atom.